The topological polar surface area (TPSA) is 163 Å². The monoisotopic (exact) mass is 524 g/mol. The van der Waals surface area contributed by atoms with Crippen LogP contribution in [0.1, 0.15) is 12.5 Å². The summed E-state index contributed by atoms with van der Waals surface area (Å²) in [6.45, 7) is 6.12. The number of urea groups is 1. The van der Waals surface area contributed by atoms with Crippen LogP contribution in [0.15, 0.2) is 41.3 Å². The summed E-state index contributed by atoms with van der Waals surface area (Å²) in [5.41, 5.74) is 11.7. The first-order chi connectivity index (χ1) is 18.2. The molecule has 1 unspecified atom stereocenters. The van der Waals surface area contributed by atoms with Crippen LogP contribution >= 0.6 is 0 Å². The Bertz CT molecular complexity index is 1230. The lowest BCUT2D eigenvalue weighted by molar-refractivity contribution is -0.139. The molecule has 4 atom stereocenters. The summed E-state index contributed by atoms with van der Waals surface area (Å²) >= 11 is 0. The predicted molar refractivity (Wildman–Crippen MR) is 141 cm³/mol. The van der Waals surface area contributed by atoms with E-state index in [1.54, 1.807) is 17.2 Å². The molecule has 3 aliphatic rings. The van der Waals surface area contributed by atoms with Gasteiger partial charge in [0.2, 0.25) is 5.91 Å². The fourth-order valence-electron chi connectivity index (χ4n) is 5.63. The number of anilines is 1. The average molecular weight is 525 g/mol. The Morgan fingerprint density at radius 1 is 1.08 bits per heavy atom. The van der Waals surface area contributed by atoms with E-state index in [-0.39, 0.29) is 11.7 Å². The molecule has 1 aromatic heterocycles. The Hall–Kier alpha value is -3.32. The Balaban J connectivity index is 1.13. The summed E-state index contributed by atoms with van der Waals surface area (Å²) in [6, 6.07) is 9.04. The summed E-state index contributed by atoms with van der Waals surface area (Å²) in [6.07, 6.45) is 1.59. The van der Waals surface area contributed by atoms with E-state index < -0.39 is 23.9 Å². The molecule has 2 saturated heterocycles. The van der Waals surface area contributed by atoms with Crippen molar-refractivity contribution in [2.45, 2.75) is 19.0 Å². The molecule has 12 nitrogen and oxygen atoms in total. The van der Waals surface area contributed by atoms with E-state index >= 15 is 0 Å². The summed E-state index contributed by atoms with van der Waals surface area (Å²) in [4.78, 5) is 47.4. The van der Waals surface area contributed by atoms with Gasteiger partial charge in [-0.05, 0) is 55.0 Å². The number of nitrogens with two attached hydrogens (primary N) is 2. The molecule has 1 aromatic carbocycles. The van der Waals surface area contributed by atoms with Crippen molar-refractivity contribution >= 4 is 17.8 Å². The van der Waals surface area contributed by atoms with E-state index in [0.717, 1.165) is 38.0 Å². The highest BCUT2D eigenvalue weighted by molar-refractivity contribution is 5.89. The number of amides is 3. The van der Waals surface area contributed by atoms with Gasteiger partial charge in [-0.1, -0.05) is 12.1 Å². The molecule has 3 amide bonds. The first-order valence-electron chi connectivity index (χ1n) is 13.1. The maximum atomic E-state index is 12.7. The van der Waals surface area contributed by atoms with E-state index in [2.05, 4.69) is 15.2 Å². The standard InChI is InChI=1S/C26H36N8O4/c1-26(28,16-35)23(36)32-8-10-33(11-9-32)24(37)29-22-6-7-34(25(38)30-22)18-4-2-17(3-5-18)13-31-14-20-19(12-27)21(20)15-31/h2-7,19-21,35H,8-16,27-28H2,1H3,(H,29,30,37,38)/t19-,20-,21+,26?. The van der Waals surface area contributed by atoms with Crippen molar-refractivity contribution in [3.63, 3.8) is 0 Å². The lowest BCUT2D eigenvalue weighted by atomic mass is 10.0. The molecule has 12 heteroatoms. The van der Waals surface area contributed by atoms with E-state index in [1.807, 2.05) is 24.3 Å². The first-order valence-corrected chi connectivity index (χ1v) is 13.1. The zero-order valence-corrected chi connectivity index (χ0v) is 21.6. The van der Waals surface area contributed by atoms with Gasteiger partial charge in [0.1, 0.15) is 11.4 Å². The molecular formula is C26H36N8O4. The lowest BCUT2D eigenvalue weighted by Crippen LogP contribution is -2.60. The second-order valence-electron chi connectivity index (χ2n) is 10.8. The number of rotatable bonds is 7. The number of aliphatic hydroxyl groups is 1. The molecule has 1 aliphatic carbocycles. The molecule has 2 aromatic rings. The quantitative estimate of drug-likeness (QED) is 0.368. The number of piperazine rings is 1. The Labute approximate surface area is 221 Å². The van der Waals surface area contributed by atoms with Crippen LogP contribution in [0, 0.1) is 17.8 Å². The fraction of sp³-hybridized carbons (Fsp3) is 0.538. The zero-order valence-electron chi connectivity index (χ0n) is 21.6. The Morgan fingerprint density at radius 3 is 2.29 bits per heavy atom. The van der Waals surface area contributed by atoms with Gasteiger partial charge in [-0.25, -0.2) is 9.59 Å². The molecule has 3 fully saturated rings. The molecule has 6 N–H and O–H groups in total. The number of aliphatic hydroxyl groups excluding tert-OH is 1. The average Bonchev–Trinajstić information content (AvgIpc) is 3.40. The number of hydrogen-bond donors (Lipinski definition) is 4. The van der Waals surface area contributed by atoms with Gasteiger partial charge in [0.25, 0.3) is 0 Å². The van der Waals surface area contributed by atoms with Crippen molar-refractivity contribution in [1.29, 1.82) is 0 Å². The zero-order chi connectivity index (χ0) is 27.0. The second-order valence-corrected chi connectivity index (χ2v) is 10.8. The van der Waals surface area contributed by atoms with Gasteiger partial charge in [0.05, 0.1) is 12.3 Å². The number of benzene rings is 1. The molecule has 0 spiro atoms. The van der Waals surface area contributed by atoms with Crippen molar-refractivity contribution in [1.82, 2.24) is 24.3 Å². The van der Waals surface area contributed by atoms with Crippen LogP contribution in [-0.2, 0) is 11.3 Å². The lowest BCUT2D eigenvalue weighted by Gasteiger charge is -2.37. The number of carbonyl (C=O) groups is 2. The Morgan fingerprint density at radius 2 is 1.71 bits per heavy atom. The van der Waals surface area contributed by atoms with Gasteiger partial charge in [0, 0.05) is 52.0 Å². The number of aromatic nitrogens is 2. The van der Waals surface area contributed by atoms with Gasteiger partial charge in [-0.3, -0.25) is 19.6 Å². The molecule has 3 heterocycles. The highest BCUT2D eigenvalue weighted by atomic mass is 16.3. The third kappa shape index (κ3) is 5.30. The van der Waals surface area contributed by atoms with Gasteiger partial charge < -0.3 is 26.4 Å². The smallest absolute Gasteiger partial charge is 0.354 e. The number of carbonyl (C=O) groups excluding carboxylic acids is 2. The normalized spacial score (nSPS) is 24.6. The van der Waals surface area contributed by atoms with E-state index in [9.17, 15) is 19.5 Å². The van der Waals surface area contributed by atoms with Crippen molar-refractivity contribution < 1.29 is 14.7 Å². The third-order valence-corrected chi connectivity index (χ3v) is 8.05. The molecule has 204 valence electrons. The minimum absolute atomic E-state index is 0.157. The minimum atomic E-state index is -1.35. The second kappa shape index (κ2) is 10.4. The van der Waals surface area contributed by atoms with Gasteiger partial charge >= 0.3 is 11.7 Å². The minimum Gasteiger partial charge on any atom is -0.394 e. The SMILES string of the molecule is CC(N)(CO)C(=O)N1CCN(C(=O)Nc2ccn(-c3ccc(CN4C[C@@H]5[C@@H](CN)[C@@H]5C4)cc3)c(=O)n2)CC1. The van der Waals surface area contributed by atoms with Gasteiger partial charge in [-0.2, -0.15) is 4.98 Å². The fourth-order valence-corrected chi connectivity index (χ4v) is 5.63. The summed E-state index contributed by atoms with van der Waals surface area (Å²) < 4.78 is 1.44. The molecule has 5 rings (SSSR count). The molecular weight excluding hydrogens is 488 g/mol. The number of likely N-dealkylation sites (tertiary alicyclic amines) is 1. The van der Waals surface area contributed by atoms with Gasteiger partial charge in [-0.15, -0.1) is 0 Å². The van der Waals surface area contributed by atoms with Crippen LogP contribution < -0.4 is 22.5 Å². The summed E-state index contributed by atoms with van der Waals surface area (Å²) in [7, 11) is 0. The maximum absolute atomic E-state index is 12.7. The van der Waals surface area contributed by atoms with Crippen LogP contribution in [0.2, 0.25) is 0 Å². The van der Waals surface area contributed by atoms with Crippen LogP contribution in [0.5, 0.6) is 0 Å². The summed E-state index contributed by atoms with van der Waals surface area (Å²) in [5, 5.41) is 12.0. The number of nitrogens with zero attached hydrogens (tertiary/aromatic N) is 5. The number of piperidine rings is 1. The van der Waals surface area contributed by atoms with Crippen LogP contribution in [0.25, 0.3) is 5.69 Å². The van der Waals surface area contributed by atoms with Crippen LogP contribution in [-0.4, -0.2) is 99.3 Å². The highest BCUT2D eigenvalue weighted by Gasteiger charge is 2.54. The number of hydrogen-bond acceptors (Lipinski definition) is 8. The molecule has 0 bridgehead atoms. The first kappa shape index (κ1) is 26.3. The van der Waals surface area contributed by atoms with Gasteiger partial charge in [0.15, 0.2) is 0 Å². The number of fused-ring (bicyclic) bond motifs is 1. The van der Waals surface area contributed by atoms with Crippen molar-refractivity contribution in [2.24, 2.45) is 29.2 Å². The summed E-state index contributed by atoms with van der Waals surface area (Å²) in [5.74, 6) is 2.03. The van der Waals surface area contributed by atoms with Crippen molar-refractivity contribution in [2.75, 3.05) is 57.7 Å². The van der Waals surface area contributed by atoms with Crippen LogP contribution in [0.3, 0.4) is 0 Å². The van der Waals surface area contributed by atoms with E-state index in [4.69, 9.17) is 11.5 Å². The Kier molecular flexibility index (Phi) is 7.23. The van der Waals surface area contributed by atoms with Crippen LogP contribution in [0.4, 0.5) is 10.6 Å². The molecule has 38 heavy (non-hydrogen) atoms. The largest absolute Gasteiger partial charge is 0.394 e. The molecule has 2 aliphatic heterocycles. The third-order valence-electron chi connectivity index (χ3n) is 8.05. The van der Waals surface area contributed by atoms with E-state index in [0.29, 0.717) is 37.8 Å². The highest BCUT2D eigenvalue weighted by Crippen LogP contribution is 2.51. The van der Waals surface area contributed by atoms with Crippen molar-refractivity contribution in [3.8, 4) is 5.69 Å². The van der Waals surface area contributed by atoms with E-state index in [1.165, 1.54) is 22.0 Å². The predicted octanol–water partition coefficient (Wildman–Crippen LogP) is -0.745. The molecule has 0 radical (unpaired) electrons. The number of nitrogens with one attached hydrogen (secondary N) is 1. The van der Waals surface area contributed by atoms with Crippen molar-refractivity contribution in [3.05, 3.63) is 52.6 Å². The molecule has 1 saturated carbocycles. The maximum Gasteiger partial charge on any atom is 0.354 e.